The molecule has 0 aliphatic heterocycles. The lowest BCUT2D eigenvalue weighted by Crippen LogP contribution is -2.44. The molecule has 2 aliphatic carbocycles. The van der Waals surface area contributed by atoms with Crippen molar-refractivity contribution >= 4 is 8.32 Å². The van der Waals surface area contributed by atoms with Crippen LogP contribution in [0.3, 0.4) is 0 Å². The summed E-state index contributed by atoms with van der Waals surface area (Å²) in [5.41, 5.74) is 3.30. The first-order valence-electron chi connectivity index (χ1n) is 7.75. The van der Waals surface area contributed by atoms with E-state index in [1.54, 1.807) is 11.1 Å². The molecule has 0 aromatic rings. The maximum atomic E-state index is 6.69. The van der Waals surface area contributed by atoms with E-state index in [-0.39, 0.29) is 0 Å². The fourth-order valence-electron chi connectivity index (χ4n) is 3.00. The van der Waals surface area contributed by atoms with Gasteiger partial charge in [0.25, 0.3) is 0 Å². The van der Waals surface area contributed by atoms with Crippen LogP contribution in [-0.2, 0) is 4.43 Å². The van der Waals surface area contributed by atoms with E-state index in [4.69, 9.17) is 4.43 Å². The molecule has 1 nitrogen and oxygen atoms in total. The molecule has 2 atom stereocenters. The van der Waals surface area contributed by atoms with Crippen LogP contribution in [0, 0.1) is 5.92 Å². The number of fused-ring (bicyclic) bond motifs is 1. The highest BCUT2D eigenvalue weighted by Gasteiger charge is 2.42. The molecule has 108 valence electrons. The van der Waals surface area contributed by atoms with Crippen LogP contribution in [0.15, 0.2) is 23.3 Å². The quantitative estimate of drug-likeness (QED) is 0.482. The van der Waals surface area contributed by atoms with Crippen LogP contribution in [0.2, 0.25) is 18.1 Å². The summed E-state index contributed by atoms with van der Waals surface area (Å²) >= 11 is 0. The second kappa shape index (κ2) is 5.21. The van der Waals surface area contributed by atoms with E-state index in [0.717, 1.165) is 0 Å². The van der Waals surface area contributed by atoms with Gasteiger partial charge in [-0.05, 0) is 50.7 Å². The van der Waals surface area contributed by atoms with Crippen LogP contribution in [0.4, 0.5) is 0 Å². The lowest BCUT2D eigenvalue weighted by atomic mass is 9.97. The largest absolute Gasteiger partial charge is 0.413 e. The molecule has 0 amide bonds. The highest BCUT2D eigenvalue weighted by molar-refractivity contribution is 6.74. The molecule has 0 heterocycles. The van der Waals surface area contributed by atoms with Crippen molar-refractivity contribution in [3.05, 3.63) is 23.3 Å². The zero-order chi connectivity index (χ0) is 14.3. The van der Waals surface area contributed by atoms with Crippen molar-refractivity contribution in [1.29, 1.82) is 0 Å². The Labute approximate surface area is 120 Å². The Bertz CT molecular complexity index is 398. The van der Waals surface area contributed by atoms with E-state index in [2.05, 4.69) is 52.9 Å². The lowest BCUT2D eigenvalue weighted by Gasteiger charge is -2.39. The van der Waals surface area contributed by atoms with Gasteiger partial charge in [0.15, 0.2) is 8.32 Å². The minimum atomic E-state index is -1.64. The SMILES string of the molecule is CC1=C2CC[C@H](O[Si](C)(C)C(C)(C)C)[C@@H]2C=CCC1. The first kappa shape index (κ1) is 15.1. The van der Waals surface area contributed by atoms with Gasteiger partial charge in [-0.1, -0.05) is 44.1 Å². The Morgan fingerprint density at radius 3 is 2.53 bits per heavy atom. The second-order valence-corrected chi connectivity index (χ2v) is 12.5. The molecular formula is C17H30OSi. The van der Waals surface area contributed by atoms with Gasteiger partial charge in [0.1, 0.15) is 0 Å². The summed E-state index contributed by atoms with van der Waals surface area (Å²) in [7, 11) is -1.64. The summed E-state index contributed by atoms with van der Waals surface area (Å²) in [6.07, 6.45) is 10.1. The van der Waals surface area contributed by atoms with E-state index in [1.165, 1.54) is 25.7 Å². The van der Waals surface area contributed by atoms with Gasteiger partial charge >= 0.3 is 0 Å². The van der Waals surface area contributed by atoms with Gasteiger partial charge in [0, 0.05) is 5.92 Å². The maximum absolute atomic E-state index is 6.69. The summed E-state index contributed by atoms with van der Waals surface area (Å²) in [4.78, 5) is 0. The predicted octanol–water partition coefficient (Wildman–Crippen LogP) is 5.45. The van der Waals surface area contributed by atoms with Crippen molar-refractivity contribution in [2.45, 2.75) is 77.6 Å². The fourth-order valence-corrected chi connectivity index (χ4v) is 4.37. The summed E-state index contributed by atoms with van der Waals surface area (Å²) in [6, 6.07) is 0. The number of hydrogen-bond acceptors (Lipinski definition) is 1. The van der Waals surface area contributed by atoms with Gasteiger partial charge in [-0.25, -0.2) is 0 Å². The van der Waals surface area contributed by atoms with E-state index < -0.39 is 8.32 Å². The van der Waals surface area contributed by atoms with Crippen LogP contribution >= 0.6 is 0 Å². The molecule has 1 fully saturated rings. The van der Waals surface area contributed by atoms with E-state index in [9.17, 15) is 0 Å². The zero-order valence-electron chi connectivity index (χ0n) is 13.5. The molecule has 2 heteroatoms. The van der Waals surface area contributed by atoms with Gasteiger partial charge in [0.2, 0.25) is 0 Å². The molecule has 0 N–H and O–H groups in total. The molecule has 1 saturated carbocycles. The molecule has 2 rings (SSSR count). The predicted molar refractivity (Wildman–Crippen MR) is 85.9 cm³/mol. The molecule has 2 aliphatic rings. The van der Waals surface area contributed by atoms with E-state index >= 15 is 0 Å². The van der Waals surface area contributed by atoms with E-state index in [1.807, 2.05) is 0 Å². The average molecular weight is 279 g/mol. The number of hydrogen-bond donors (Lipinski definition) is 0. The van der Waals surface area contributed by atoms with Gasteiger partial charge in [-0.15, -0.1) is 0 Å². The van der Waals surface area contributed by atoms with Crippen LogP contribution in [0.1, 0.15) is 53.4 Å². The van der Waals surface area contributed by atoms with Crippen molar-refractivity contribution in [3.63, 3.8) is 0 Å². The average Bonchev–Trinajstić information content (AvgIpc) is 2.55. The molecule has 0 unspecified atom stereocenters. The van der Waals surface area contributed by atoms with Crippen LogP contribution in [-0.4, -0.2) is 14.4 Å². The summed E-state index contributed by atoms with van der Waals surface area (Å²) < 4.78 is 6.69. The van der Waals surface area contributed by atoms with Crippen LogP contribution < -0.4 is 0 Å². The standard InChI is InChI=1S/C17H30OSi/c1-13-9-7-8-10-15-14(13)11-12-16(15)18-19(5,6)17(2,3)4/h8,10,15-16H,7,9,11-12H2,1-6H3/t15-,16+/m1/s1. The lowest BCUT2D eigenvalue weighted by molar-refractivity contribution is 0.166. The second-order valence-electron chi connectivity index (χ2n) is 7.75. The molecule has 0 aromatic heterocycles. The molecular weight excluding hydrogens is 248 g/mol. The molecule has 0 spiro atoms. The van der Waals surface area contributed by atoms with Crippen LogP contribution in [0.5, 0.6) is 0 Å². The first-order valence-corrected chi connectivity index (χ1v) is 10.7. The smallest absolute Gasteiger partial charge is 0.192 e. The normalized spacial score (nSPS) is 28.5. The highest BCUT2D eigenvalue weighted by Crippen LogP contribution is 2.44. The van der Waals surface area contributed by atoms with Gasteiger partial charge in [0.05, 0.1) is 6.10 Å². The van der Waals surface area contributed by atoms with Crippen molar-refractivity contribution in [3.8, 4) is 0 Å². The Hall–Kier alpha value is -0.343. The first-order chi connectivity index (χ1) is 8.72. The van der Waals surface area contributed by atoms with Crippen LogP contribution in [0.25, 0.3) is 0 Å². The summed E-state index contributed by atoms with van der Waals surface area (Å²) in [5.74, 6) is 0.566. The van der Waals surface area contributed by atoms with Gasteiger partial charge in [-0.2, -0.15) is 0 Å². The Morgan fingerprint density at radius 2 is 1.89 bits per heavy atom. The van der Waals surface area contributed by atoms with E-state index in [0.29, 0.717) is 17.1 Å². The van der Waals surface area contributed by atoms with Crippen molar-refractivity contribution in [2.24, 2.45) is 5.92 Å². The number of rotatable bonds is 2. The molecule has 0 aromatic carbocycles. The third-order valence-electron chi connectivity index (χ3n) is 5.33. The van der Waals surface area contributed by atoms with Crippen molar-refractivity contribution in [2.75, 3.05) is 0 Å². The topological polar surface area (TPSA) is 9.23 Å². The fraction of sp³-hybridized carbons (Fsp3) is 0.765. The third-order valence-corrected chi connectivity index (χ3v) is 9.84. The summed E-state index contributed by atoms with van der Waals surface area (Å²) in [5, 5.41) is 0.308. The minimum Gasteiger partial charge on any atom is -0.413 e. The van der Waals surface area contributed by atoms with Crippen molar-refractivity contribution in [1.82, 2.24) is 0 Å². The van der Waals surface area contributed by atoms with Gasteiger partial charge < -0.3 is 4.43 Å². The zero-order valence-corrected chi connectivity index (χ0v) is 14.5. The minimum absolute atomic E-state index is 0.308. The highest BCUT2D eigenvalue weighted by atomic mass is 28.4. The molecule has 0 bridgehead atoms. The van der Waals surface area contributed by atoms with Gasteiger partial charge in [-0.3, -0.25) is 0 Å². The third kappa shape index (κ3) is 3.05. The Kier molecular flexibility index (Phi) is 4.13. The van der Waals surface area contributed by atoms with Crippen molar-refractivity contribution < 1.29 is 4.43 Å². The number of allylic oxidation sites excluding steroid dienone is 2. The Balaban J connectivity index is 2.17. The monoisotopic (exact) mass is 278 g/mol. The Morgan fingerprint density at radius 1 is 1.21 bits per heavy atom. The molecule has 19 heavy (non-hydrogen) atoms. The molecule has 0 saturated heterocycles. The summed E-state index contributed by atoms with van der Waals surface area (Å²) in [6.45, 7) is 14.1. The molecule has 0 radical (unpaired) electrons. The maximum Gasteiger partial charge on any atom is 0.192 e.